The van der Waals surface area contributed by atoms with E-state index < -0.39 is 29.2 Å². The van der Waals surface area contributed by atoms with Gasteiger partial charge in [-0.15, -0.1) is 0 Å². The van der Waals surface area contributed by atoms with Gasteiger partial charge in [0.15, 0.2) is 0 Å². The molecule has 0 aliphatic carbocycles. The lowest BCUT2D eigenvalue weighted by Gasteiger charge is -2.09. The molecular weight excluding hydrogens is 769 g/mol. The number of nitrogens with two attached hydrogens (primary N) is 2. The minimum absolute atomic E-state index is 0.0246. The predicted octanol–water partition coefficient (Wildman–Crippen LogP) is 10.7. The number of aliphatic imine (C=N–C) groups is 2. The molecule has 0 fully saturated rings. The number of halogens is 10. The van der Waals surface area contributed by atoms with Gasteiger partial charge in [-0.25, -0.2) is 9.59 Å². The number of carbonyl (C=O) groups excluding carboxylic acids is 2. The fourth-order valence-corrected chi connectivity index (χ4v) is 3.73. The van der Waals surface area contributed by atoms with E-state index in [1.54, 1.807) is 12.1 Å². The van der Waals surface area contributed by atoms with Crippen molar-refractivity contribution < 1.29 is 35.9 Å². The van der Waals surface area contributed by atoms with Gasteiger partial charge < -0.3 is 11.5 Å². The van der Waals surface area contributed by atoms with Crippen LogP contribution in [0.5, 0.6) is 0 Å². The highest BCUT2D eigenvalue weighted by Crippen LogP contribution is 2.37. The van der Waals surface area contributed by atoms with E-state index in [1.807, 2.05) is 36.4 Å². The van der Waals surface area contributed by atoms with Gasteiger partial charge in [-0.2, -0.15) is 36.3 Å². The highest BCUT2D eigenvalue weighted by atomic mass is 79.9. The SMILES string of the molecule is Nc1ccc(Cl)cc1C(F)(F)F.Nc1ccccc1Br.O=C=Nc1ccc(Cl)cc1C(F)(F)F.O=C=Nc1ccccc1Br. The number of nitrogen functional groups attached to an aromatic ring is 2. The number of hydrogen-bond donors (Lipinski definition) is 2. The first-order valence-corrected chi connectivity index (χ1v) is 13.7. The van der Waals surface area contributed by atoms with Crippen molar-refractivity contribution in [2.45, 2.75) is 12.4 Å². The second kappa shape index (κ2) is 18.2. The van der Waals surface area contributed by atoms with Crippen LogP contribution >= 0.6 is 55.1 Å². The third-order valence-corrected chi connectivity index (χ3v) is 6.54. The lowest BCUT2D eigenvalue weighted by atomic mass is 10.2. The molecule has 4 N–H and O–H groups in total. The van der Waals surface area contributed by atoms with E-state index in [0.29, 0.717) is 11.8 Å². The maximum atomic E-state index is 12.3. The molecule has 0 saturated carbocycles. The van der Waals surface area contributed by atoms with Crippen molar-refractivity contribution >= 4 is 90.0 Å². The third-order valence-electron chi connectivity index (χ3n) is 4.67. The number of hydrogen-bond acceptors (Lipinski definition) is 6. The molecule has 16 heteroatoms. The molecule has 44 heavy (non-hydrogen) atoms. The van der Waals surface area contributed by atoms with Crippen molar-refractivity contribution in [3.63, 3.8) is 0 Å². The largest absolute Gasteiger partial charge is 0.418 e. The summed E-state index contributed by atoms with van der Waals surface area (Å²) in [6.45, 7) is 0. The molecule has 0 spiro atoms. The Morgan fingerprint density at radius 2 is 1.05 bits per heavy atom. The Labute approximate surface area is 273 Å². The van der Waals surface area contributed by atoms with Crippen LogP contribution in [0.1, 0.15) is 11.1 Å². The summed E-state index contributed by atoms with van der Waals surface area (Å²) in [5.41, 5.74) is 9.22. The molecule has 0 bridgehead atoms. The monoisotopic (exact) mass is 784 g/mol. The number of nitrogens with zero attached hydrogens (tertiary/aromatic N) is 2. The minimum atomic E-state index is -4.58. The van der Waals surface area contributed by atoms with Crippen molar-refractivity contribution in [3.8, 4) is 0 Å². The van der Waals surface area contributed by atoms with Gasteiger partial charge in [-0.1, -0.05) is 47.5 Å². The molecule has 4 rings (SSSR count). The summed E-state index contributed by atoms with van der Waals surface area (Å²) in [6.07, 6.45) is -6.50. The molecule has 0 aliphatic rings. The average molecular weight is 787 g/mol. The summed E-state index contributed by atoms with van der Waals surface area (Å²) < 4.78 is 74.9. The van der Waals surface area contributed by atoms with Crippen LogP contribution in [0.25, 0.3) is 0 Å². The average Bonchev–Trinajstić information content (AvgIpc) is 2.94. The predicted molar refractivity (Wildman–Crippen MR) is 166 cm³/mol. The van der Waals surface area contributed by atoms with Crippen LogP contribution in [-0.2, 0) is 21.9 Å². The van der Waals surface area contributed by atoms with Gasteiger partial charge in [-0.3, -0.25) is 0 Å². The van der Waals surface area contributed by atoms with Gasteiger partial charge >= 0.3 is 12.4 Å². The summed E-state index contributed by atoms with van der Waals surface area (Å²) >= 11 is 17.2. The number of benzene rings is 4. The van der Waals surface area contributed by atoms with Crippen LogP contribution < -0.4 is 11.5 Å². The van der Waals surface area contributed by atoms with Gasteiger partial charge in [0, 0.05) is 30.4 Å². The topological polar surface area (TPSA) is 111 Å². The van der Waals surface area contributed by atoms with Crippen LogP contribution in [0.4, 0.5) is 49.1 Å². The standard InChI is InChI=1S/C8H3ClF3NO.C7H4BrNO.C7H5ClF3N.C6H6BrN/c9-5-1-2-7(13-4-14)6(3-5)8(10,11)12;8-6-3-1-2-4-7(6)9-5-10;8-4-1-2-6(12)5(3-4)7(9,10)11;7-5-3-1-2-4-6(5)8/h1-3H;1-4H;1-3H,12H2;1-4H,8H2. The number of anilines is 2. The van der Waals surface area contributed by atoms with Crippen LogP contribution in [0.15, 0.2) is 104 Å². The zero-order chi connectivity index (χ0) is 33.5. The molecule has 0 amide bonds. The second-order valence-electron chi connectivity index (χ2n) is 7.77. The Balaban J connectivity index is 0.000000299. The number of rotatable bonds is 2. The maximum Gasteiger partial charge on any atom is 0.418 e. The molecule has 0 radical (unpaired) electrons. The summed E-state index contributed by atoms with van der Waals surface area (Å²) in [6, 6.07) is 21.0. The zero-order valence-electron chi connectivity index (χ0n) is 21.7. The van der Waals surface area contributed by atoms with E-state index in [1.165, 1.54) is 18.2 Å². The van der Waals surface area contributed by atoms with E-state index in [2.05, 4.69) is 41.8 Å². The van der Waals surface area contributed by atoms with Crippen LogP contribution in [0.2, 0.25) is 10.0 Å². The highest BCUT2D eigenvalue weighted by molar-refractivity contribution is 9.11. The van der Waals surface area contributed by atoms with E-state index >= 15 is 0 Å². The van der Waals surface area contributed by atoms with E-state index in [9.17, 15) is 35.9 Å². The van der Waals surface area contributed by atoms with Crippen molar-refractivity contribution in [2.75, 3.05) is 11.5 Å². The third kappa shape index (κ3) is 13.8. The summed E-state index contributed by atoms with van der Waals surface area (Å²) in [7, 11) is 0. The smallest absolute Gasteiger partial charge is 0.398 e. The Morgan fingerprint density at radius 1 is 0.591 bits per heavy atom. The molecule has 0 aliphatic heterocycles. The number of alkyl halides is 6. The van der Waals surface area contributed by atoms with Crippen molar-refractivity contribution in [2.24, 2.45) is 9.98 Å². The molecule has 232 valence electrons. The van der Waals surface area contributed by atoms with Crippen molar-refractivity contribution in [3.05, 3.63) is 115 Å². The zero-order valence-corrected chi connectivity index (χ0v) is 26.4. The van der Waals surface area contributed by atoms with E-state index in [0.717, 1.165) is 38.9 Å². The van der Waals surface area contributed by atoms with Gasteiger partial charge in [0.25, 0.3) is 0 Å². The summed E-state index contributed by atoms with van der Waals surface area (Å²) in [4.78, 5) is 26.0. The fraction of sp³-hybridized carbons (Fsp3) is 0.0714. The molecule has 0 saturated heterocycles. The van der Waals surface area contributed by atoms with Gasteiger partial charge in [0.05, 0.1) is 22.5 Å². The van der Waals surface area contributed by atoms with Crippen LogP contribution in [0.3, 0.4) is 0 Å². The first-order chi connectivity index (χ1) is 20.5. The Kier molecular flexibility index (Phi) is 15.9. The second-order valence-corrected chi connectivity index (χ2v) is 10.3. The quantitative estimate of drug-likeness (QED) is 0.0912. The first-order valence-electron chi connectivity index (χ1n) is 11.4. The molecule has 4 aromatic rings. The normalized spacial score (nSPS) is 10.2. The molecular formula is C28H18Br2Cl2F6N4O2. The molecule has 4 aromatic carbocycles. The number of isocyanates is 2. The Hall–Kier alpha value is -3.64. The Morgan fingerprint density at radius 3 is 1.48 bits per heavy atom. The summed E-state index contributed by atoms with van der Waals surface area (Å²) in [5.74, 6) is 0. The highest BCUT2D eigenvalue weighted by Gasteiger charge is 2.34. The van der Waals surface area contributed by atoms with Crippen molar-refractivity contribution in [1.82, 2.24) is 0 Å². The lowest BCUT2D eigenvalue weighted by molar-refractivity contribution is -0.137. The van der Waals surface area contributed by atoms with E-state index in [-0.39, 0.29) is 15.7 Å². The minimum Gasteiger partial charge on any atom is -0.398 e. The molecule has 6 nitrogen and oxygen atoms in total. The number of para-hydroxylation sites is 2. The first kappa shape index (κ1) is 38.4. The van der Waals surface area contributed by atoms with Gasteiger partial charge in [0.2, 0.25) is 12.2 Å². The van der Waals surface area contributed by atoms with Gasteiger partial charge in [0.1, 0.15) is 0 Å². The maximum absolute atomic E-state index is 12.3. The van der Waals surface area contributed by atoms with Crippen LogP contribution in [-0.4, -0.2) is 12.2 Å². The molecule has 0 unspecified atom stereocenters. The molecule has 0 atom stereocenters. The summed E-state index contributed by atoms with van der Waals surface area (Å²) in [5, 5.41) is -0.0429. The van der Waals surface area contributed by atoms with Crippen LogP contribution in [0, 0.1) is 0 Å². The Bertz CT molecular complexity index is 1620. The molecule has 0 aromatic heterocycles. The van der Waals surface area contributed by atoms with Crippen molar-refractivity contribution in [1.29, 1.82) is 0 Å². The van der Waals surface area contributed by atoms with E-state index in [4.69, 9.17) is 34.7 Å². The fourth-order valence-electron chi connectivity index (χ4n) is 2.72. The lowest BCUT2D eigenvalue weighted by Crippen LogP contribution is -2.08. The molecule has 0 heterocycles. The van der Waals surface area contributed by atoms with Gasteiger partial charge in [-0.05, 0) is 92.5 Å².